The van der Waals surface area contributed by atoms with Crippen molar-refractivity contribution in [1.82, 2.24) is 20.0 Å². The number of aromatic nitrogens is 4. The standard InChI is InChI=1S/C14H19N5O2/c1-4-5-11(14(20)21)15-12-6-7-13(17-16-12)19-10(3)8-9(2)18-19/h6-8,11H,4-5H2,1-3H3,(H,15,16)(H,20,21). The molecule has 2 aromatic rings. The van der Waals surface area contributed by atoms with Gasteiger partial charge in [-0.25, -0.2) is 9.48 Å². The lowest BCUT2D eigenvalue weighted by Crippen LogP contribution is -2.29. The first-order valence-corrected chi connectivity index (χ1v) is 6.88. The summed E-state index contributed by atoms with van der Waals surface area (Å²) in [4.78, 5) is 11.1. The molecule has 0 aliphatic heterocycles. The first kappa shape index (κ1) is 15.0. The summed E-state index contributed by atoms with van der Waals surface area (Å²) in [5.41, 5.74) is 1.88. The van der Waals surface area contributed by atoms with Gasteiger partial charge in [-0.3, -0.25) is 0 Å². The average molecular weight is 289 g/mol. The van der Waals surface area contributed by atoms with Crippen molar-refractivity contribution in [3.05, 3.63) is 29.6 Å². The highest BCUT2D eigenvalue weighted by Gasteiger charge is 2.16. The van der Waals surface area contributed by atoms with E-state index in [9.17, 15) is 4.79 Å². The Morgan fingerprint density at radius 3 is 2.62 bits per heavy atom. The van der Waals surface area contributed by atoms with Crippen LogP contribution in [0.5, 0.6) is 0 Å². The number of hydrogen-bond acceptors (Lipinski definition) is 5. The SMILES string of the molecule is CCCC(Nc1ccc(-n2nc(C)cc2C)nn1)C(=O)O. The number of aliphatic carboxylic acids is 1. The van der Waals surface area contributed by atoms with E-state index in [1.807, 2.05) is 26.8 Å². The molecule has 2 heterocycles. The van der Waals surface area contributed by atoms with Crippen molar-refractivity contribution in [2.75, 3.05) is 5.32 Å². The number of nitrogens with zero attached hydrogens (tertiary/aromatic N) is 4. The number of carboxylic acid groups (broad SMARTS) is 1. The van der Waals surface area contributed by atoms with Crippen LogP contribution in [-0.4, -0.2) is 37.1 Å². The van der Waals surface area contributed by atoms with E-state index >= 15 is 0 Å². The minimum Gasteiger partial charge on any atom is -0.480 e. The second-order valence-corrected chi connectivity index (χ2v) is 4.94. The monoisotopic (exact) mass is 289 g/mol. The Balaban J connectivity index is 2.15. The second kappa shape index (κ2) is 6.34. The van der Waals surface area contributed by atoms with E-state index in [-0.39, 0.29) is 0 Å². The van der Waals surface area contributed by atoms with Gasteiger partial charge in [-0.1, -0.05) is 13.3 Å². The van der Waals surface area contributed by atoms with Gasteiger partial charge in [0.25, 0.3) is 0 Å². The first-order valence-electron chi connectivity index (χ1n) is 6.88. The minimum absolute atomic E-state index is 0.445. The van der Waals surface area contributed by atoms with E-state index < -0.39 is 12.0 Å². The quantitative estimate of drug-likeness (QED) is 0.844. The molecule has 0 saturated heterocycles. The van der Waals surface area contributed by atoms with Crippen molar-refractivity contribution in [3.8, 4) is 5.82 Å². The third-order valence-electron chi connectivity index (χ3n) is 3.07. The third-order valence-corrected chi connectivity index (χ3v) is 3.07. The van der Waals surface area contributed by atoms with Gasteiger partial charge in [0.1, 0.15) is 11.9 Å². The number of carboxylic acids is 1. The van der Waals surface area contributed by atoms with Gasteiger partial charge < -0.3 is 10.4 Å². The molecule has 112 valence electrons. The number of anilines is 1. The van der Waals surface area contributed by atoms with Gasteiger partial charge in [0.15, 0.2) is 5.82 Å². The molecule has 7 heteroatoms. The van der Waals surface area contributed by atoms with Crippen LogP contribution in [0.4, 0.5) is 5.82 Å². The van der Waals surface area contributed by atoms with E-state index in [1.165, 1.54) is 0 Å². The molecule has 2 N–H and O–H groups in total. The van der Waals surface area contributed by atoms with Gasteiger partial charge in [-0.15, -0.1) is 10.2 Å². The van der Waals surface area contributed by atoms with Crippen LogP contribution in [0.25, 0.3) is 5.82 Å². The molecule has 1 unspecified atom stereocenters. The summed E-state index contributed by atoms with van der Waals surface area (Å²) in [7, 11) is 0. The van der Waals surface area contributed by atoms with Crippen LogP contribution in [0, 0.1) is 13.8 Å². The van der Waals surface area contributed by atoms with Crippen LogP contribution < -0.4 is 5.32 Å². The van der Waals surface area contributed by atoms with Gasteiger partial charge in [-0.05, 0) is 38.5 Å². The summed E-state index contributed by atoms with van der Waals surface area (Å²) in [5, 5.41) is 24.4. The smallest absolute Gasteiger partial charge is 0.326 e. The zero-order chi connectivity index (χ0) is 15.4. The van der Waals surface area contributed by atoms with Crippen LogP contribution in [0.3, 0.4) is 0 Å². The van der Waals surface area contributed by atoms with E-state index in [1.54, 1.807) is 16.8 Å². The maximum atomic E-state index is 11.1. The average Bonchev–Trinajstić information content (AvgIpc) is 2.78. The Bertz CT molecular complexity index is 621. The number of nitrogens with one attached hydrogen (secondary N) is 1. The Morgan fingerprint density at radius 1 is 1.38 bits per heavy atom. The maximum Gasteiger partial charge on any atom is 0.326 e. The molecular formula is C14H19N5O2. The van der Waals surface area contributed by atoms with Gasteiger partial charge in [0, 0.05) is 5.69 Å². The fraction of sp³-hybridized carbons (Fsp3) is 0.429. The van der Waals surface area contributed by atoms with Crippen molar-refractivity contribution in [3.63, 3.8) is 0 Å². The number of hydrogen-bond donors (Lipinski definition) is 2. The van der Waals surface area contributed by atoms with Crippen LogP contribution >= 0.6 is 0 Å². The highest BCUT2D eigenvalue weighted by atomic mass is 16.4. The molecule has 2 rings (SSSR count). The first-order chi connectivity index (χ1) is 10.0. The predicted octanol–water partition coefficient (Wildman–Crippen LogP) is 1.94. The molecule has 0 spiro atoms. The summed E-state index contributed by atoms with van der Waals surface area (Å²) in [6, 6.07) is 4.78. The van der Waals surface area contributed by atoms with Gasteiger partial charge in [0.2, 0.25) is 0 Å². The molecule has 0 aliphatic rings. The van der Waals surface area contributed by atoms with Crippen molar-refractivity contribution in [2.24, 2.45) is 0 Å². The van der Waals surface area contributed by atoms with Crippen molar-refractivity contribution < 1.29 is 9.90 Å². The van der Waals surface area contributed by atoms with E-state index in [0.29, 0.717) is 18.1 Å². The summed E-state index contributed by atoms with van der Waals surface area (Å²) in [6.07, 6.45) is 1.32. The zero-order valence-electron chi connectivity index (χ0n) is 12.4. The molecule has 0 amide bonds. The zero-order valence-corrected chi connectivity index (χ0v) is 12.4. The van der Waals surface area contributed by atoms with E-state index in [2.05, 4.69) is 20.6 Å². The molecule has 0 saturated carbocycles. The normalized spacial score (nSPS) is 12.1. The fourth-order valence-corrected chi connectivity index (χ4v) is 2.10. The molecule has 0 aliphatic carbocycles. The third kappa shape index (κ3) is 3.56. The van der Waals surface area contributed by atoms with Crippen molar-refractivity contribution >= 4 is 11.8 Å². The molecule has 0 radical (unpaired) electrons. The maximum absolute atomic E-state index is 11.1. The van der Waals surface area contributed by atoms with Crippen LogP contribution in [0.2, 0.25) is 0 Å². The Morgan fingerprint density at radius 2 is 2.14 bits per heavy atom. The van der Waals surface area contributed by atoms with Crippen LogP contribution in [0.15, 0.2) is 18.2 Å². The summed E-state index contributed by atoms with van der Waals surface area (Å²) in [6.45, 7) is 5.79. The van der Waals surface area contributed by atoms with Gasteiger partial charge >= 0.3 is 5.97 Å². The minimum atomic E-state index is -0.888. The van der Waals surface area contributed by atoms with E-state index in [0.717, 1.165) is 17.8 Å². The summed E-state index contributed by atoms with van der Waals surface area (Å²) < 4.78 is 1.70. The molecule has 0 aromatic carbocycles. The van der Waals surface area contributed by atoms with Crippen molar-refractivity contribution in [1.29, 1.82) is 0 Å². The summed E-state index contributed by atoms with van der Waals surface area (Å²) in [5.74, 6) is 0.163. The number of aryl methyl sites for hydroxylation is 2. The number of rotatable bonds is 6. The topological polar surface area (TPSA) is 92.9 Å². The predicted molar refractivity (Wildman–Crippen MR) is 78.6 cm³/mol. The second-order valence-electron chi connectivity index (χ2n) is 4.94. The molecule has 1 atom stereocenters. The molecule has 0 bridgehead atoms. The molecular weight excluding hydrogens is 270 g/mol. The summed E-state index contributed by atoms with van der Waals surface area (Å²) >= 11 is 0. The fourth-order valence-electron chi connectivity index (χ4n) is 2.10. The van der Waals surface area contributed by atoms with Crippen LogP contribution in [-0.2, 0) is 4.79 Å². The Labute approximate surface area is 123 Å². The lowest BCUT2D eigenvalue weighted by molar-refractivity contribution is -0.138. The molecule has 7 nitrogen and oxygen atoms in total. The van der Waals surface area contributed by atoms with E-state index in [4.69, 9.17) is 5.11 Å². The molecule has 2 aromatic heterocycles. The highest BCUT2D eigenvalue weighted by Crippen LogP contribution is 2.12. The van der Waals surface area contributed by atoms with Crippen LogP contribution in [0.1, 0.15) is 31.2 Å². The number of carbonyl (C=O) groups is 1. The highest BCUT2D eigenvalue weighted by molar-refractivity contribution is 5.76. The molecule has 21 heavy (non-hydrogen) atoms. The molecule has 0 fully saturated rings. The Hall–Kier alpha value is -2.44. The Kier molecular flexibility index (Phi) is 4.52. The van der Waals surface area contributed by atoms with Crippen molar-refractivity contribution in [2.45, 2.75) is 39.7 Å². The lowest BCUT2D eigenvalue weighted by atomic mass is 10.2. The largest absolute Gasteiger partial charge is 0.480 e. The lowest BCUT2D eigenvalue weighted by Gasteiger charge is -2.13. The van der Waals surface area contributed by atoms with Gasteiger partial charge in [-0.2, -0.15) is 5.10 Å². The van der Waals surface area contributed by atoms with Gasteiger partial charge in [0.05, 0.1) is 5.69 Å².